The molecule has 112 valence electrons. The van der Waals surface area contributed by atoms with Crippen LogP contribution in [0.5, 0.6) is 11.5 Å². The van der Waals surface area contributed by atoms with Crippen LogP contribution < -0.4 is 20.1 Å². The highest BCUT2D eigenvalue weighted by molar-refractivity contribution is 5.98. The summed E-state index contributed by atoms with van der Waals surface area (Å²) in [6.45, 7) is 3.19. The summed E-state index contributed by atoms with van der Waals surface area (Å²) >= 11 is 0. The summed E-state index contributed by atoms with van der Waals surface area (Å²) in [6, 6.07) is 4.46. The minimum atomic E-state index is -0.504. The second-order valence-electron chi connectivity index (χ2n) is 4.74. The fourth-order valence-electron chi connectivity index (χ4n) is 2.44. The Kier molecular flexibility index (Phi) is 4.16. The van der Waals surface area contributed by atoms with E-state index in [4.69, 9.17) is 9.47 Å². The van der Waals surface area contributed by atoms with Crippen LogP contribution in [-0.2, 0) is 4.79 Å². The number of urea groups is 1. The third-order valence-electron chi connectivity index (χ3n) is 3.39. The van der Waals surface area contributed by atoms with E-state index in [1.807, 2.05) is 0 Å². The molecule has 21 heavy (non-hydrogen) atoms. The molecule has 6 heteroatoms. The lowest BCUT2D eigenvalue weighted by Crippen LogP contribution is -2.44. The average Bonchev–Trinajstić information content (AvgIpc) is 2.45. The number of amides is 2. The van der Waals surface area contributed by atoms with Crippen molar-refractivity contribution in [3.63, 3.8) is 0 Å². The molecule has 1 aliphatic rings. The molecule has 0 fully saturated rings. The topological polar surface area (TPSA) is 76.7 Å². The van der Waals surface area contributed by atoms with Gasteiger partial charge in [-0.05, 0) is 31.5 Å². The Morgan fingerprint density at radius 3 is 2.43 bits per heavy atom. The molecule has 1 aromatic carbocycles. The molecule has 0 saturated carbocycles. The molecule has 1 unspecified atom stereocenters. The maximum Gasteiger partial charge on any atom is 0.319 e. The van der Waals surface area contributed by atoms with Gasteiger partial charge >= 0.3 is 6.03 Å². The summed E-state index contributed by atoms with van der Waals surface area (Å²) in [4.78, 5) is 23.6. The first-order valence-electron chi connectivity index (χ1n) is 6.49. The number of hydrogen-bond acceptors (Lipinski definition) is 4. The molecule has 0 aliphatic carbocycles. The summed E-state index contributed by atoms with van der Waals surface area (Å²) in [5.74, 6) is 1.04. The van der Waals surface area contributed by atoms with Crippen molar-refractivity contribution in [2.45, 2.75) is 19.9 Å². The highest BCUT2D eigenvalue weighted by Gasteiger charge is 2.29. The van der Waals surface area contributed by atoms with Crippen molar-refractivity contribution in [3.05, 3.63) is 35.0 Å². The van der Waals surface area contributed by atoms with Gasteiger partial charge < -0.3 is 20.1 Å². The van der Waals surface area contributed by atoms with Crippen LogP contribution in [0, 0.1) is 0 Å². The summed E-state index contributed by atoms with van der Waals surface area (Å²) in [5.41, 5.74) is 1.85. The van der Waals surface area contributed by atoms with E-state index < -0.39 is 6.04 Å². The van der Waals surface area contributed by atoms with Crippen molar-refractivity contribution in [2.75, 3.05) is 14.2 Å². The van der Waals surface area contributed by atoms with Crippen LogP contribution in [0.3, 0.4) is 0 Å². The number of carbonyl (C=O) groups excluding carboxylic acids is 2. The van der Waals surface area contributed by atoms with E-state index in [0.29, 0.717) is 22.8 Å². The Morgan fingerprint density at radius 2 is 1.86 bits per heavy atom. The maximum absolute atomic E-state index is 11.9. The van der Waals surface area contributed by atoms with Crippen LogP contribution in [0.25, 0.3) is 0 Å². The van der Waals surface area contributed by atoms with E-state index in [1.54, 1.807) is 32.2 Å². The summed E-state index contributed by atoms with van der Waals surface area (Å²) in [5, 5.41) is 5.37. The van der Waals surface area contributed by atoms with Gasteiger partial charge in [-0.2, -0.15) is 0 Å². The van der Waals surface area contributed by atoms with Gasteiger partial charge in [0.2, 0.25) is 0 Å². The van der Waals surface area contributed by atoms with Gasteiger partial charge in [-0.25, -0.2) is 4.79 Å². The van der Waals surface area contributed by atoms with Gasteiger partial charge in [-0.15, -0.1) is 0 Å². The van der Waals surface area contributed by atoms with Crippen molar-refractivity contribution >= 4 is 11.8 Å². The van der Waals surface area contributed by atoms with Gasteiger partial charge in [0.25, 0.3) is 0 Å². The second kappa shape index (κ2) is 5.87. The number of hydrogen-bond donors (Lipinski definition) is 2. The lowest BCUT2D eigenvalue weighted by atomic mass is 9.93. The molecule has 0 aromatic heterocycles. The Labute approximate surface area is 123 Å². The smallest absolute Gasteiger partial charge is 0.319 e. The predicted molar refractivity (Wildman–Crippen MR) is 77.3 cm³/mol. The first-order valence-corrected chi connectivity index (χ1v) is 6.49. The van der Waals surface area contributed by atoms with Crippen molar-refractivity contribution in [1.82, 2.24) is 10.6 Å². The molecule has 2 rings (SSSR count). The first kappa shape index (κ1) is 14.9. The Hall–Kier alpha value is -2.50. The molecule has 6 nitrogen and oxygen atoms in total. The van der Waals surface area contributed by atoms with Gasteiger partial charge in [0.1, 0.15) is 0 Å². The number of methoxy groups -OCH3 is 2. The SMILES string of the molecule is COc1ccc(C2NC(=O)NC(C)=C2C(C)=O)cc1OC. The molecular formula is C15H18N2O4. The molecule has 2 amide bonds. The highest BCUT2D eigenvalue weighted by atomic mass is 16.5. The molecule has 0 spiro atoms. The van der Waals surface area contributed by atoms with E-state index >= 15 is 0 Å². The number of ketones is 1. The lowest BCUT2D eigenvalue weighted by molar-refractivity contribution is -0.114. The standard InChI is InChI=1S/C15H18N2O4/c1-8-13(9(2)18)14(17-15(19)16-8)10-5-6-11(20-3)12(7-10)21-4/h5-7,14H,1-4H3,(H2,16,17,19). The van der Waals surface area contributed by atoms with Gasteiger partial charge in [-0.1, -0.05) is 6.07 Å². The molecule has 1 atom stereocenters. The van der Waals surface area contributed by atoms with Gasteiger partial charge in [0.05, 0.1) is 20.3 Å². The largest absolute Gasteiger partial charge is 0.493 e. The van der Waals surface area contributed by atoms with Gasteiger partial charge in [-0.3, -0.25) is 4.79 Å². The molecule has 0 saturated heterocycles. The molecule has 0 bridgehead atoms. The zero-order chi connectivity index (χ0) is 15.6. The zero-order valence-electron chi connectivity index (χ0n) is 12.4. The number of rotatable bonds is 4. The minimum Gasteiger partial charge on any atom is -0.493 e. The average molecular weight is 290 g/mol. The normalized spacial score (nSPS) is 17.9. The van der Waals surface area contributed by atoms with E-state index in [-0.39, 0.29) is 11.8 Å². The van der Waals surface area contributed by atoms with Crippen LogP contribution in [0.1, 0.15) is 25.5 Å². The van der Waals surface area contributed by atoms with Crippen molar-refractivity contribution in [1.29, 1.82) is 0 Å². The Bertz CT molecular complexity index is 622. The number of nitrogens with one attached hydrogen (secondary N) is 2. The molecule has 1 aromatic rings. The molecule has 1 aliphatic heterocycles. The van der Waals surface area contributed by atoms with E-state index in [0.717, 1.165) is 5.56 Å². The summed E-state index contributed by atoms with van der Waals surface area (Å²) in [6.07, 6.45) is 0. The first-order chi connectivity index (χ1) is 9.97. The number of ether oxygens (including phenoxy) is 2. The molecule has 2 N–H and O–H groups in total. The zero-order valence-corrected chi connectivity index (χ0v) is 12.4. The fourth-order valence-corrected chi connectivity index (χ4v) is 2.44. The third-order valence-corrected chi connectivity index (χ3v) is 3.39. The van der Waals surface area contributed by atoms with Crippen molar-refractivity contribution < 1.29 is 19.1 Å². The van der Waals surface area contributed by atoms with Crippen LogP contribution in [0.15, 0.2) is 29.5 Å². The number of benzene rings is 1. The van der Waals surface area contributed by atoms with E-state index in [1.165, 1.54) is 14.0 Å². The van der Waals surface area contributed by atoms with Crippen LogP contribution in [0.4, 0.5) is 4.79 Å². The maximum atomic E-state index is 11.9. The third kappa shape index (κ3) is 2.84. The molecule has 1 heterocycles. The predicted octanol–water partition coefficient (Wildman–Crippen LogP) is 1.92. The Balaban J connectivity index is 2.50. The Morgan fingerprint density at radius 1 is 1.19 bits per heavy atom. The second-order valence-corrected chi connectivity index (χ2v) is 4.74. The summed E-state index contributed by atoms with van der Waals surface area (Å²) < 4.78 is 10.5. The van der Waals surface area contributed by atoms with Gasteiger partial charge in [0, 0.05) is 11.3 Å². The quantitative estimate of drug-likeness (QED) is 0.888. The van der Waals surface area contributed by atoms with Crippen LogP contribution >= 0.6 is 0 Å². The number of Topliss-reactive ketones (excluding diaryl/α,β-unsaturated/α-hetero) is 1. The lowest BCUT2D eigenvalue weighted by Gasteiger charge is -2.28. The van der Waals surface area contributed by atoms with E-state index in [2.05, 4.69) is 10.6 Å². The number of allylic oxidation sites excluding steroid dienone is 1. The van der Waals surface area contributed by atoms with Gasteiger partial charge in [0.15, 0.2) is 17.3 Å². The summed E-state index contributed by atoms with van der Waals surface area (Å²) in [7, 11) is 3.09. The van der Waals surface area contributed by atoms with E-state index in [9.17, 15) is 9.59 Å². The molecule has 0 radical (unpaired) electrons. The minimum absolute atomic E-state index is 0.0974. The monoisotopic (exact) mass is 290 g/mol. The fraction of sp³-hybridized carbons (Fsp3) is 0.333. The number of carbonyl (C=O) groups is 2. The van der Waals surface area contributed by atoms with Crippen LogP contribution in [-0.4, -0.2) is 26.0 Å². The van der Waals surface area contributed by atoms with Crippen LogP contribution in [0.2, 0.25) is 0 Å². The highest BCUT2D eigenvalue weighted by Crippen LogP contribution is 2.34. The van der Waals surface area contributed by atoms with Crippen molar-refractivity contribution in [3.8, 4) is 11.5 Å². The van der Waals surface area contributed by atoms with Crippen molar-refractivity contribution in [2.24, 2.45) is 0 Å². The molecular weight excluding hydrogens is 272 g/mol.